The first-order valence-electron chi connectivity index (χ1n) is 10.4. The van der Waals surface area contributed by atoms with Crippen LogP contribution in [0.25, 0.3) is 5.57 Å². The van der Waals surface area contributed by atoms with Gasteiger partial charge in [0.1, 0.15) is 24.7 Å². The van der Waals surface area contributed by atoms with Gasteiger partial charge in [-0.3, -0.25) is 9.78 Å². The number of allylic oxidation sites excluding steroid dienone is 1. The SMILES string of the molecule is O=CCOc1cccc2c1CCC=C2CCO/N=C(\c1ccccc1)c1cccnc1. The molecule has 4 rings (SSSR count). The highest BCUT2D eigenvalue weighted by atomic mass is 16.6. The van der Waals surface area contributed by atoms with E-state index in [-0.39, 0.29) is 6.61 Å². The number of carbonyl (C=O) groups excluding carboxylic acids is 1. The van der Waals surface area contributed by atoms with Crippen molar-refractivity contribution in [3.8, 4) is 5.75 Å². The highest BCUT2D eigenvalue weighted by Gasteiger charge is 2.17. The quantitative estimate of drug-likeness (QED) is 0.218. The summed E-state index contributed by atoms with van der Waals surface area (Å²) in [6, 6.07) is 19.8. The van der Waals surface area contributed by atoms with E-state index in [0.29, 0.717) is 6.61 Å². The van der Waals surface area contributed by atoms with E-state index < -0.39 is 0 Å². The van der Waals surface area contributed by atoms with Crippen molar-refractivity contribution in [3.05, 3.63) is 101 Å². The number of benzene rings is 2. The van der Waals surface area contributed by atoms with E-state index in [1.54, 1.807) is 12.4 Å². The van der Waals surface area contributed by atoms with Crippen molar-refractivity contribution < 1.29 is 14.4 Å². The Balaban J connectivity index is 1.47. The second-order valence-corrected chi connectivity index (χ2v) is 7.16. The molecule has 0 N–H and O–H groups in total. The average molecular weight is 412 g/mol. The summed E-state index contributed by atoms with van der Waals surface area (Å²) in [6.07, 6.45) is 9.14. The lowest BCUT2D eigenvalue weighted by molar-refractivity contribution is -0.109. The fraction of sp³-hybridized carbons (Fsp3) is 0.192. The summed E-state index contributed by atoms with van der Waals surface area (Å²) in [5.41, 5.74) is 6.19. The molecule has 1 aromatic heterocycles. The molecule has 31 heavy (non-hydrogen) atoms. The topological polar surface area (TPSA) is 60.8 Å². The van der Waals surface area contributed by atoms with Gasteiger partial charge in [0.05, 0.1) is 0 Å². The number of fused-ring (bicyclic) bond motifs is 1. The predicted octanol–water partition coefficient (Wildman–Crippen LogP) is 4.85. The third-order valence-corrected chi connectivity index (χ3v) is 5.17. The number of hydrogen-bond donors (Lipinski definition) is 0. The number of aldehydes is 1. The van der Waals surface area contributed by atoms with Gasteiger partial charge in [-0.1, -0.05) is 53.7 Å². The van der Waals surface area contributed by atoms with Crippen LogP contribution in [0, 0.1) is 0 Å². The van der Waals surface area contributed by atoms with Crippen molar-refractivity contribution in [3.63, 3.8) is 0 Å². The molecule has 0 radical (unpaired) electrons. The van der Waals surface area contributed by atoms with Crippen molar-refractivity contribution in [1.82, 2.24) is 4.98 Å². The Morgan fingerprint density at radius 2 is 1.90 bits per heavy atom. The Kier molecular flexibility index (Phi) is 6.85. The molecule has 1 heterocycles. The van der Waals surface area contributed by atoms with E-state index in [4.69, 9.17) is 9.57 Å². The Morgan fingerprint density at radius 3 is 2.71 bits per heavy atom. The fourth-order valence-corrected chi connectivity index (χ4v) is 3.76. The van der Waals surface area contributed by atoms with Crippen molar-refractivity contribution in [2.24, 2.45) is 5.16 Å². The minimum absolute atomic E-state index is 0.0733. The minimum atomic E-state index is 0.0733. The van der Waals surface area contributed by atoms with Crippen LogP contribution in [0.3, 0.4) is 0 Å². The van der Waals surface area contributed by atoms with Crippen LogP contribution < -0.4 is 4.74 Å². The first kappa shape index (κ1) is 20.5. The maximum absolute atomic E-state index is 10.7. The van der Waals surface area contributed by atoms with E-state index in [1.165, 1.54) is 5.57 Å². The largest absolute Gasteiger partial charge is 0.486 e. The number of hydrogen-bond acceptors (Lipinski definition) is 5. The van der Waals surface area contributed by atoms with Crippen LogP contribution in [0.1, 0.15) is 35.1 Å². The third-order valence-electron chi connectivity index (χ3n) is 5.17. The van der Waals surface area contributed by atoms with E-state index in [9.17, 15) is 4.79 Å². The normalized spacial score (nSPS) is 13.2. The lowest BCUT2D eigenvalue weighted by Gasteiger charge is -2.20. The molecule has 0 unspecified atom stereocenters. The zero-order chi connectivity index (χ0) is 21.3. The Labute approximate surface area is 182 Å². The number of ether oxygens (including phenoxy) is 1. The highest BCUT2D eigenvalue weighted by Crippen LogP contribution is 2.34. The van der Waals surface area contributed by atoms with Gasteiger partial charge in [-0.25, -0.2) is 0 Å². The Hall–Kier alpha value is -3.73. The third kappa shape index (κ3) is 5.07. The molecule has 0 spiro atoms. The summed E-state index contributed by atoms with van der Waals surface area (Å²) in [5, 5.41) is 4.45. The molecule has 5 heteroatoms. The zero-order valence-electron chi connectivity index (χ0n) is 17.2. The highest BCUT2D eigenvalue weighted by molar-refractivity contribution is 6.12. The van der Waals surface area contributed by atoms with Gasteiger partial charge in [-0.15, -0.1) is 0 Å². The van der Waals surface area contributed by atoms with E-state index in [1.807, 2.05) is 54.6 Å². The maximum Gasteiger partial charge on any atom is 0.157 e. The zero-order valence-corrected chi connectivity index (χ0v) is 17.2. The Morgan fingerprint density at radius 1 is 1.03 bits per heavy atom. The second-order valence-electron chi connectivity index (χ2n) is 7.16. The maximum atomic E-state index is 10.7. The summed E-state index contributed by atoms with van der Waals surface area (Å²) in [7, 11) is 0. The van der Waals surface area contributed by atoms with Crippen molar-refractivity contribution >= 4 is 17.6 Å². The van der Waals surface area contributed by atoms with Crippen LogP contribution in [0.2, 0.25) is 0 Å². The van der Waals surface area contributed by atoms with E-state index in [2.05, 4.69) is 22.3 Å². The number of rotatable bonds is 9. The minimum Gasteiger partial charge on any atom is -0.486 e. The van der Waals surface area contributed by atoms with Crippen molar-refractivity contribution in [2.45, 2.75) is 19.3 Å². The van der Waals surface area contributed by atoms with Crippen LogP contribution in [0.15, 0.2) is 84.3 Å². The lowest BCUT2D eigenvalue weighted by atomic mass is 9.89. The summed E-state index contributed by atoms with van der Waals surface area (Å²) in [5.74, 6) is 0.789. The van der Waals surface area contributed by atoms with Gasteiger partial charge in [0, 0.05) is 35.5 Å². The number of aromatic nitrogens is 1. The van der Waals surface area contributed by atoms with Crippen LogP contribution >= 0.6 is 0 Å². The monoisotopic (exact) mass is 412 g/mol. The van der Waals surface area contributed by atoms with Gasteiger partial charge in [0.25, 0.3) is 0 Å². The standard InChI is InChI=1S/C26H24N2O3/c29-16-18-30-25-13-5-11-23-20(9-4-12-24(23)25)14-17-31-28-26(21-7-2-1-3-8-21)22-10-6-15-27-19-22/h1-3,5-11,13,15-16,19H,4,12,14,17-18H2/b28-26+. The molecule has 3 aromatic rings. The van der Waals surface area contributed by atoms with Crippen molar-refractivity contribution in [2.75, 3.05) is 13.2 Å². The summed E-state index contributed by atoms with van der Waals surface area (Å²) in [6.45, 7) is 0.533. The van der Waals surface area contributed by atoms with Crippen LogP contribution in [0.5, 0.6) is 5.75 Å². The fourth-order valence-electron chi connectivity index (χ4n) is 3.76. The molecule has 1 aliphatic carbocycles. The van der Waals surface area contributed by atoms with Gasteiger partial charge in [0.15, 0.2) is 6.29 Å². The van der Waals surface area contributed by atoms with Gasteiger partial charge in [0.2, 0.25) is 0 Å². The number of nitrogens with zero attached hydrogens (tertiary/aromatic N) is 2. The lowest BCUT2D eigenvalue weighted by Crippen LogP contribution is -2.08. The molecule has 156 valence electrons. The smallest absolute Gasteiger partial charge is 0.157 e. The van der Waals surface area contributed by atoms with Gasteiger partial charge < -0.3 is 9.57 Å². The molecule has 0 aliphatic heterocycles. The number of carbonyl (C=O) groups is 1. The first-order chi connectivity index (χ1) is 15.4. The number of oxime groups is 1. The van der Waals surface area contributed by atoms with Crippen LogP contribution in [-0.2, 0) is 16.1 Å². The molecule has 0 amide bonds. The molecule has 0 saturated carbocycles. The average Bonchev–Trinajstić information content (AvgIpc) is 2.84. The van der Waals surface area contributed by atoms with Gasteiger partial charge in [-0.2, -0.15) is 0 Å². The van der Waals surface area contributed by atoms with Crippen LogP contribution in [-0.4, -0.2) is 30.2 Å². The predicted molar refractivity (Wildman–Crippen MR) is 121 cm³/mol. The summed E-state index contributed by atoms with van der Waals surface area (Å²) in [4.78, 5) is 20.6. The number of pyridine rings is 1. The molecule has 1 aliphatic rings. The summed E-state index contributed by atoms with van der Waals surface area (Å²) < 4.78 is 5.60. The molecule has 0 bridgehead atoms. The van der Waals surface area contributed by atoms with Crippen LogP contribution in [0.4, 0.5) is 0 Å². The van der Waals surface area contributed by atoms with Crippen molar-refractivity contribution in [1.29, 1.82) is 0 Å². The second kappa shape index (κ2) is 10.3. The summed E-state index contributed by atoms with van der Waals surface area (Å²) >= 11 is 0. The van der Waals surface area contributed by atoms with Gasteiger partial charge in [-0.05, 0) is 42.2 Å². The molecule has 5 nitrogen and oxygen atoms in total. The van der Waals surface area contributed by atoms with E-state index in [0.717, 1.165) is 59.3 Å². The van der Waals surface area contributed by atoms with E-state index >= 15 is 0 Å². The Bertz CT molecular complexity index is 1030. The first-order valence-corrected chi connectivity index (χ1v) is 10.4. The molecular weight excluding hydrogens is 388 g/mol. The molecule has 2 aromatic carbocycles. The molecular formula is C26H24N2O3. The van der Waals surface area contributed by atoms with Gasteiger partial charge >= 0.3 is 0 Å². The molecule has 0 atom stereocenters. The molecule has 0 fully saturated rings. The molecule has 0 saturated heterocycles.